The molecule has 168 valence electrons. The third-order valence-electron chi connectivity index (χ3n) is 5.55. The summed E-state index contributed by atoms with van der Waals surface area (Å²) in [5.74, 6) is -0.626. The molecule has 32 heavy (non-hydrogen) atoms. The first-order valence-corrected chi connectivity index (χ1v) is 10.6. The molecule has 9 heteroatoms. The van der Waals surface area contributed by atoms with Crippen molar-refractivity contribution in [1.29, 1.82) is 0 Å². The van der Waals surface area contributed by atoms with Gasteiger partial charge in [0.05, 0.1) is 23.4 Å². The van der Waals surface area contributed by atoms with Gasteiger partial charge < -0.3 is 10.2 Å². The molecule has 4 rings (SSSR count). The van der Waals surface area contributed by atoms with Crippen LogP contribution in [0.2, 0.25) is 0 Å². The molecule has 0 spiro atoms. The number of halogens is 3. The maximum atomic E-state index is 13.3. The van der Waals surface area contributed by atoms with Gasteiger partial charge in [-0.3, -0.25) is 4.79 Å². The molecule has 1 fully saturated rings. The Kier molecular flexibility index (Phi) is 6.43. The Morgan fingerprint density at radius 1 is 1.16 bits per heavy atom. The van der Waals surface area contributed by atoms with Gasteiger partial charge in [0.2, 0.25) is 5.91 Å². The van der Waals surface area contributed by atoms with E-state index in [0.717, 1.165) is 17.3 Å². The topological polar surface area (TPSA) is 63.1 Å². The summed E-state index contributed by atoms with van der Waals surface area (Å²) in [6, 6.07) is 12.0. The van der Waals surface area contributed by atoms with E-state index in [-0.39, 0.29) is 24.2 Å². The number of amides is 1. The lowest BCUT2D eigenvalue weighted by atomic mass is 9.96. The second kappa shape index (κ2) is 9.42. The number of para-hydroxylation sites is 1. The van der Waals surface area contributed by atoms with Crippen molar-refractivity contribution in [2.75, 3.05) is 24.5 Å². The molecule has 1 N–H and O–H groups in total. The Morgan fingerprint density at radius 3 is 2.75 bits per heavy atom. The highest BCUT2D eigenvalue weighted by atomic mass is 19.4. The first-order valence-electron chi connectivity index (χ1n) is 10.6. The third-order valence-corrected chi connectivity index (χ3v) is 5.55. The average Bonchev–Trinajstić information content (AvgIpc) is 3.28. The van der Waals surface area contributed by atoms with Gasteiger partial charge in [-0.05, 0) is 49.1 Å². The lowest BCUT2D eigenvalue weighted by molar-refractivity contribution is -0.137. The number of carbonyl (C=O) groups excluding carboxylic acids is 1. The van der Waals surface area contributed by atoms with E-state index in [2.05, 4.69) is 15.4 Å². The number of hydrogen-bond acceptors (Lipinski definition) is 4. The fourth-order valence-electron chi connectivity index (χ4n) is 3.94. The van der Waals surface area contributed by atoms with Gasteiger partial charge in [0.15, 0.2) is 0 Å². The summed E-state index contributed by atoms with van der Waals surface area (Å²) >= 11 is 0. The van der Waals surface area contributed by atoms with Crippen LogP contribution in [0.5, 0.6) is 0 Å². The molecule has 0 radical (unpaired) electrons. The van der Waals surface area contributed by atoms with Gasteiger partial charge in [-0.15, -0.1) is 0 Å². The zero-order chi connectivity index (χ0) is 22.6. The number of rotatable bonds is 6. The molecular weight excluding hydrogens is 419 g/mol. The molecule has 2 aromatic heterocycles. The maximum Gasteiger partial charge on any atom is 0.419 e. The predicted molar refractivity (Wildman–Crippen MR) is 114 cm³/mol. The zero-order valence-electron chi connectivity index (χ0n) is 17.4. The van der Waals surface area contributed by atoms with Crippen molar-refractivity contribution in [2.45, 2.75) is 25.4 Å². The molecule has 1 aromatic carbocycles. The number of piperidine rings is 1. The quantitative estimate of drug-likeness (QED) is 0.629. The van der Waals surface area contributed by atoms with Gasteiger partial charge in [-0.25, -0.2) is 9.67 Å². The van der Waals surface area contributed by atoms with Crippen LogP contribution in [0, 0.1) is 5.92 Å². The number of aromatic nitrogens is 3. The Morgan fingerprint density at radius 2 is 1.97 bits per heavy atom. The van der Waals surface area contributed by atoms with Crippen LogP contribution in [0.15, 0.2) is 61.1 Å². The highest BCUT2D eigenvalue weighted by Crippen LogP contribution is 2.36. The van der Waals surface area contributed by atoms with Crippen LogP contribution < -0.4 is 10.2 Å². The SMILES string of the molecule is O=C(NCCc1cnn(-c2ccccc2)c1)C1CCCN(c2ncccc2C(F)(F)F)C1. The van der Waals surface area contributed by atoms with E-state index in [1.807, 2.05) is 36.5 Å². The highest BCUT2D eigenvalue weighted by molar-refractivity contribution is 5.79. The molecule has 1 aliphatic rings. The number of benzene rings is 1. The van der Waals surface area contributed by atoms with Gasteiger partial charge >= 0.3 is 6.18 Å². The van der Waals surface area contributed by atoms with Gasteiger partial charge in [-0.2, -0.15) is 18.3 Å². The molecule has 1 saturated heterocycles. The van der Waals surface area contributed by atoms with Crippen LogP contribution >= 0.6 is 0 Å². The van der Waals surface area contributed by atoms with Crippen LogP contribution in [-0.2, 0) is 17.4 Å². The van der Waals surface area contributed by atoms with E-state index in [4.69, 9.17) is 0 Å². The fraction of sp³-hybridized carbons (Fsp3) is 0.348. The summed E-state index contributed by atoms with van der Waals surface area (Å²) in [6.07, 6.45) is 2.45. The molecule has 0 saturated carbocycles. The Hall–Kier alpha value is -3.36. The second-order valence-electron chi connectivity index (χ2n) is 7.83. The van der Waals surface area contributed by atoms with Crippen LogP contribution in [0.4, 0.5) is 19.0 Å². The van der Waals surface area contributed by atoms with Gasteiger partial charge in [-0.1, -0.05) is 18.2 Å². The lowest BCUT2D eigenvalue weighted by Crippen LogP contribution is -2.44. The summed E-state index contributed by atoms with van der Waals surface area (Å²) in [5, 5.41) is 7.27. The number of nitrogens with zero attached hydrogens (tertiary/aromatic N) is 4. The zero-order valence-corrected chi connectivity index (χ0v) is 17.4. The van der Waals surface area contributed by atoms with E-state index >= 15 is 0 Å². The van der Waals surface area contributed by atoms with Crippen molar-refractivity contribution in [3.63, 3.8) is 0 Å². The second-order valence-corrected chi connectivity index (χ2v) is 7.83. The molecule has 1 amide bonds. The summed E-state index contributed by atoms with van der Waals surface area (Å²) in [6.45, 7) is 1.10. The summed E-state index contributed by atoms with van der Waals surface area (Å²) < 4.78 is 41.8. The van der Waals surface area contributed by atoms with Crippen LogP contribution in [0.25, 0.3) is 5.69 Å². The minimum Gasteiger partial charge on any atom is -0.355 e. The van der Waals surface area contributed by atoms with E-state index in [9.17, 15) is 18.0 Å². The standard InChI is InChI=1S/C23H24F3N5O/c24-23(25,26)20-9-4-11-27-21(20)30-13-5-6-18(16-30)22(32)28-12-10-17-14-29-31(15-17)19-7-2-1-3-8-19/h1-4,7-9,11,14-15,18H,5-6,10,12-13,16H2,(H,28,32). The van der Waals surface area contributed by atoms with Crippen molar-refractivity contribution in [3.8, 4) is 5.69 Å². The third kappa shape index (κ3) is 5.09. The molecular formula is C23H24F3N5O. The van der Waals surface area contributed by atoms with Crippen LogP contribution in [0.3, 0.4) is 0 Å². The monoisotopic (exact) mass is 443 g/mol. The lowest BCUT2D eigenvalue weighted by Gasteiger charge is -2.34. The number of pyridine rings is 1. The number of hydrogen-bond donors (Lipinski definition) is 1. The van der Waals surface area contributed by atoms with Crippen LogP contribution in [0.1, 0.15) is 24.0 Å². The minimum atomic E-state index is -4.48. The van der Waals surface area contributed by atoms with E-state index in [0.29, 0.717) is 32.4 Å². The fourth-order valence-corrected chi connectivity index (χ4v) is 3.94. The predicted octanol–water partition coefficient (Wildman–Crippen LogP) is 3.86. The van der Waals surface area contributed by atoms with E-state index in [1.165, 1.54) is 12.3 Å². The van der Waals surface area contributed by atoms with Gasteiger partial charge in [0, 0.05) is 32.0 Å². The summed E-state index contributed by atoms with van der Waals surface area (Å²) in [5.41, 5.74) is 1.18. The molecule has 3 aromatic rings. The Balaban J connectivity index is 1.32. The minimum absolute atomic E-state index is 0.106. The van der Waals surface area contributed by atoms with E-state index < -0.39 is 11.7 Å². The van der Waals surface area contributed by atoms with Crippen molar-refractivity contribution in [3.05, 3.63) is 72.2 Å². The van der Waals surface area contributed by atoms with Gasteiger partial charge in [0.25, 0.3) is 0 Å². The molecule has 1 atom stereocenters. The number of carbonyl (C=O) groups is 1. The normalized spacial score (nSPS) is 16.7. The van der Waals surface area contributed by atoms with Crippen molar-refractivity contribution in [1.82, 2.24) is 20.1 Å². The van der Waals surface area contributed by atoms with Crippen molar-refractivity contribution in [2.24, 2.45) is 5.92 Å². The first kappa shape index (κ1) is 21.9. The molecule has 0 aliphatic carbocycles. The molecule has 0 bridgehead atoms. The maximum absolute atomic E-state index is 13.3. The average molecular weight is 443 g/mol. The first-order chi connectivity index (χ1) is 15.4. The number of nitrogens with one attached hydrogen (secondary N) is 1. The summed E-state index contributed by atoms with van der Waals surface area (Å²) in [7, 11) is 0. The smallest absolute Gasteiger partial charge is 0.355 e. The Labute approximate surface area is 184 Å². The molecule has 6 nitrogen and oxygen atoms in total. The number of alkyl halides is 3. The number of anilines is 1. The van der Waals surface area contributed by atoms with Crippen molar-refractivity contribution < 1.29 is 18.0 Å². The van der Waals surface area contributed by atoms with E-state index in [1.54, 1.807) is 15.8 Å². The molecule has 1 unspecified atom stereocenters. The van der Waals surface area contributed by atoms with Crippen molar-refractivity contribution >= 4 is 11.7 Å². The Bertz CT molecular complexity index is 1050. The largest absolute Gasteiger partial charge is 0.419 e. The molecule has 3 heterocycles. The molecule has 1 aliphatic heterocycles. The van der Waals surface area contributed by atoms with Gasteiger partial charge in [0.1, 0.15) is 5.82 Å². The summed E-state index contributed by atoms with van der Waals surface area (Å²) in [4.78, 5) is 18.2. The highest BCUT2D eigenvalue weighted by Gasteiger charge is 2.37. The van der Waals surface area contributed by atoms with Crippen LogP contribution in [-0.4, -0.2) is 40.3 Å².